The fraction of sp³-hybridized carbons (Fsp3) is 0.122. The van der Waals surface area contributed by atoms with Crippen molar-refractivity contribution in [3.8, 4) is 56.3 Å². The molecule has 0 bridgehead atoms. The number of phenolic OH excluding ortho intramolecular Hbond substituents is 2. The predicted octanol–water partition coefficient (Wildman–Crippen LogP) is 12.2. The Morgan fingerprint density at radius 1 is 0.518 bits per heavy atom. The fourth-order valence-electron chi connectivity index (χ4n) is 6.77. The molecule has 7 heteroatoms. The molecule has 2 N–H and O–H groups in total. The molecule has 0 amide bonds. The number of hydrogen-bond donors (Lipinski definition) is 2. The van der Waals surface area contributed by atoms with Crippen LogP contribution >= 0.6 is 0 Å². The minimum Gasteiger partial charge on any atom is -0.506 e. The number of phenols is 2. The largest absolute Gasteiger partial charge is 0.506 e. The molecule has 0 fully saturated rings. The maximum atomic E-state index is 9.82. The van der Waals surface area contributed by atoms with Gasteiger partial charge in [-0.3, -0.25) is 9.97 Å². The SMILES string of the molecule is CC(C)c1cc(-c2ccccc2)cc(C(C)C)c1-c1cc(-c2ccccn2)[c-]c(-c2ccccn2)c1.Oc1ccccc1N1C=CN(c2ccccc2O)[CH-]1.[Ir]. The number of anilines is 2. The molecule has 5 aromatic carbocycles. The van der Waals surface area contributed by atoms with Gasteiger partial charge in [0.1, 0.15) is 11.5 Å². The topological polar surface area (TPSA) is 72.7 Å². The average molecular weight is 913 g/mol. The molecule has 0 saturated heterocycles. The number of nitrogens with zero attached hydrogens (tertiary/aromatic N) is 4. The zero-order valence-electron chi connectivity index (χ0n) is 31.8. The molecule has 56 heavy (non-hydrogen) atoms. The van der Waals surface area contributed by atoms with Gasteiger partial charge in [-0.2, -0.15) is 0 Å². The first-order chi connectivity index (χ1) is 26.8. The summed E-state index contributed by atoms with van der Waals surface area (Å²) in [4.78, 5) is 12.9. The van der Waals surface area contributed by atoms with E-state index in [2.05, 4.69) is 98.3 Å². The van der Waals surface area contributed by atoms with E-state index in [4.69, 9.17) is 0 Å². The number of benzene rings is 5. The van der Waals surface area contributed by atoms with E-state index in [0.717, 1.165) is 22.5 Å². The van der Waals surface area contributed by atoms with E-state index >= 15 is 0 Å². The van der Waals surface area contributed by atoms with Crippen molar-refractivity contribution in [2.75, 3.05) is 9.80 Å². The number of hydrogen-bond acceptors (Lipinski definition) is 6. The fourth-order valence-corrected chi connectivity index (χ4v) is 6.77. The molecule has 8 rings (SSSR count). The van der Waals surface area contributed by atoms with E-state index in [1.165, 1.54) is 33.4 Å². The Kier molecular flexibility index (Phi) is 12.8. The molecule has 0 aliphatic carbocycles. The number of pyridine rings is 2. The molecule has 1 aliphatic heterocycles. The predicted molar refractivity (Wildman–Crippen MR) is 225 cm³/mol. The van der Waals surface area contributed by atoms with Crippen LogP contribution in [0.25, 0.3) is 44.8 Å². The van der Waals surface area contributed by atoms with Crippen LogP contribution < -0.4 is 9.80 Å². The molecular weight excluding hydrogens is 869 g/mol. The Labute approximate surface area is 343 Å². The van der Waals surface area contributed by atoms with Crippen LogP contribution in [0.1, 0.15) is 50.7 Å². The summed E-state index contributed by atoms with van der Waals surface area (Å²) in [5.41, 5.74) is 12.9. The van der Waals surface area contributed by atoms with Crippen LogP contribution in [0.15, 0.2) is 164 Å². The quantitative estimate of drug-likeness (QED) is 0.148. The molecule has 1 radical (unpaired) electrons. The molecule has 0 unspecified atom stereocenters. The normalized spacial score (nSPS) is 12.0. The van der Waals surface area contributed by atoms with Crippen molar-refractivity contribution in [1.29, 1.82) is 0 Å². The van der Waals surface area contributed by atoms with Gasteiger partial charge in [0.2, 0.25) is 0 Å². The van der Waals surface area contributed by atoms with E-state index in [1.54, 1.807) is 40.7 Å². The number of aromatic nitrogens is 2. The van der Waals surface area contributed by atoms with E-state index in [0.29, 0.717) is 23.2 Å². The Balaban J connectivity index is 0.000000224. The van der Waals surface area contributed by atoms with Gasteiger partial charge in [-0.1, -0.05) is 135 Å². The minimum absolute atomic E-state index is 0. The summed E-state index contributed by atoms with van der Waals surface area (Å²) in [7, 11) is 0. The van der Waals surface area contributed by atoms with Crippen LogP contribution in [-0.2, 0) is 20.1 Å². The number of para-hydroxylation sites is 4. The van der Waals surface area contributed by atoms with E-state index < -0.39 is 0 Å². The summed E-state index contributed by atoms with van der Waals surface area (Å²) in [6.07, 6.45) is 7.32. The summed E-state index contributed by atoms with van der Waals surface area (Å²) in [6.45, 7) is 10.9. The van der Waals surface area contributed by atoms with Crippen molar-refractivity contribution in [3.05, 3.63) is 188 Å². The number of rotatable bonds is 8. The molecule has 6 nitrogen and oxygen atoms in total. The van der Waals surface area contributed by atoms with Gasteiger partial charge in [0, 0.05) is 43.9 Å². The van der Waals surface area contributed by atoms with Gasteiger partial charge < -0.3 is 20.0 Å². The second-order valence-electron chi connectivity index (χ2n) is 14.0. The maximum absolute atomic E-state index is 9.82. The van der Waals surface area contributed by atoms with Crippen LogP contribution in [0.2, 0.25) is 0 Å². The molecule has 0 saturated carbocycles. The van der Waals surface area contributed by atoms with Gasteiger partial charge in [0.15, 0.2) is 0 Å². The van der Waals surface area contributed by atoms with Gasteiger partial charge >= 0.3 is 0 Å². The Hall–Kier alpha value is -6.01. The molecule has 2 aromatic heterocycles. The van der Waals surface area contributed by atoms with Gasteiger partial charge in [0.25, 0.3) is 0 Å². The Morgan fingerprint density at radius 3 is 1.39 bits per heavy atom. The van der Waals surface area contributed by atoms with Crippen molar-refractivity contribution in [1.82, 2.24) is 9.97 Å². The van der Waals surface area contributed by atoms with Crippen molar-refractivity contribution < 1.29 is 30.3 Å². The zero-order valence-corrected chi connectivity index (χ0v) is 34.2. The zero-order chi connectivity index (χ0) is 38.3. The van der Waals surface area contributed by atoms with Gasteiger partial charge in [-0.05, 0) is 88.5 Å². The van der Waals surface area contributed by atoms with Gasteiger partial charge in [-0.25, -0.2) is 0 Å². The van der Waals surface area contributed by atoms with Crippen molar-refractivity contribution in [2.24, 2.45) is 0 Å². The average Bonchev–Trinajstić information content (AvgIpc) is 3.71. The van der Waals surface area contributed by atoms with Crippen LogP contribution in [0.3, 0.4) is 0 Å². The molecule has 0 atom stereocenters. The maximum Gasteiger partial charge on any atom is 0.136 e. The molecule has 0 spiro atoms. The van der Waals surface area contributed by atoms with Crippen LogP contribution in [0.5, 0.6) is 11.5 Å². The second kappa shape index (κ2) is 18.1. The first-order valence-corrected chi connectivity index (χ1v) is 18.6. The van der Waals surface area contributed by atoms with Crippen LogP contribution in [-0.4, -0.2) is 20.2 Å². The third kappa shape index (κ3) is 8.92. The van der Waals surface area contributed by atoms with Crippen LogP contribution in [0, 0.1) is 12.7 Å². The smallest absolute Gasteiger partial charge is 0.136 e. The summed E-state index contributed by atoms with van der Waals surface area (Å²) < 4.78 is 0. The van der Waals surface area contributed by atoms with Crippen molar-refractivity contribution >= 4 is 11.4 Å². The summed E-state index contributed by atoms with van der Waals surface area (Å²) in [6, 6.07) is 49.7. The first-order valence-electron chi connectivity index (χ1n) is 18.6. The molecule has 3 heterocycles. The summed E-state index contributed by atoms with van der Waals surface area (Å²) in [5.74, 6) is 1.15. The monoisotopic (exact) mass is 913 g/mol. The Bertz CT molecular complexity index is 2260. The Morgan fingerprint density at radius 2 is 0.964 bits per heavy atom. The second-order valence-corrected chi connectivity index (χ2v) is 14.0. The van der Waals surface area contributed by atoms with E-state index in [9.17, 15) is 10.2 Å². The first kappa shape index (κ1) is 39.7. The minimum atomic E-state index is 0. The third-order valence-electron chi connectivity index (χ3n) is 9.55. The molecule has 1 aliphatic rings. The van der Waals surface area contributed by atoms with Crippen molar-refractivity contribution in [3.63, 3.8) is 0 Å². The molecule has 283 valence electrons. The standard InChI is InChI=1S/C34H31N2.C15H13N2O2.Ir/c1-23(2)30-21-26(25-12-6-5-7-13-25)22-31(24(3)4)34(30)29-19-27(32-14-8-10-16-35-32)18-28(20-29)33-15-9-11-17-36-33;18-14-7-3-1-5-12(14)16-9-10-17(11-16)13-6-2-4-8-15(13)19;/h5-17,19-24H,1-4H3;1-11,18-19H;/q2*-1;. The third-order valence-corrected chi connectivity index (χ3v) is 9.55. The van der Waals surface area contributed by atoms with E-state index in [-0.39, 0.29) is 31.6 Å². The van der Waals surface area contributed by atoms with Crippen molar-refractivity contribution in [2.45, 2.75) is 39.5 Å². The number of aromatic hydroxyl groups is 2. The molecular formula is C49H44IrN4O2-2. The van der Waals surface area contributed by atoms with Gasteiger partial charge in [0.05, 0.1) is 11.4 Å². The summed E-state index contributed by atoms with van der Waals surface area (Å²) in [5, 5.41) is 19.6. The van der Waals surface area contributed by atoms with E-state index in [1.807, 2.05) is 85.5 Å². The molecule has 7 aromatic rings. The van der Waals surface area contributed by atoms with Crippen LogP contribution in [0.4, 0.5) is 11.4 Å². The summed E-state index contributed by atoms with van der Waals surface area (Å²) >= 11 is 0. The van der Waals surface area contributed by atoms with Gasteiger partial charge in [-0.15, -0.1) is 24.9 Å².